The summed E-state index contributed by atoms with van der Waals surface area (Å²) >= 11 is 1.10. The highest BCUT2D eigenvalue weighted by atomic mass is 32.1. The van der Waals surface area contributed by atoms with Gasteiger partial charge in [-0.1, -0.05) is 5.92 Å². The quantitative estimate of drug-likeness (QED) is 0.649. The number of rotatable bonds is 1. The molecule has 0 amide bonds. The van der Waals surface area contributed by atoms with E-state index in [1.807, 2.05) is 6.07 Å². The summed E-state index contributed by atoms with van der Waals surface area (Å²) in [6.07, 6.45) is 6.47. The highest BCUT2D eigenvalue weighted by molar-refractivity contribution is 7.12. The van der Waals surface area contributed by atoms with Gasteiger partial charge in [-0.15, -0.1) is 17.8 Å². The molecule has 0 saturated carbocycles. The van der Waals surface area contributed by atoms with E-state index in [9.17, 15) is 5.11 Å². The lowest BCUT2D eigenvalue weighted by Crippen LogP contribution is -2.17. The Hall–Kier alpha value is -1.36. The first kappa shape index (κ1) is 8.73. The normalized spacial score (nSPS) is 14.3. The molecule has 1 aromatic rings. The van der Waals surface area contributed by atoms with E-state index in [4.69, 9.17) is 11.7 Å². The van der Waals surface area contributed by atoms with Gasteiger partial charge in [0.2, 0.25) is 0 Å². The first-order valence-electron chi connectivity index (χ1n) is 3.16. The molecule has 1 heterocycles. The van der Waals surface area contributed by atoms with Crippen LogP contribution in [0.3, 0.4) is 0 Å². The maximum absolute atomic E-state index is 9.51. The Labute approximate surface area is 74.3 Å². The van der Waals surface area contributed by atoms with Crippen molar-refractivity contribution in [3.8, 4) is 18.4 Å². The zero-order valence-electron chi connectivity index (χ0n) is 6.40. The largest absolute Gasteiger partial charge is 0.371 e. The summed E-state index contributed by atoms with van der Waals surface area (Å²) in [5.41, 5.74) is -1.36. The van der Waals surface area contributed by atoms with Crippen LogP contribution >= 0.6 is 11.3 Å². The van der Waals surface area contributed by atoms with E-state index < -0.39 is 5.60 Å². The highest BCUT2D eigenvalue weighted by Gasteiger charge is 2.23. The third-order valence-electron chi connectivity index (χ3n) is 1.31. The van der Waals surface area contributed by atoms with E-state index in [2.05, 4.69) is 10.9 Å². The molecule has 1 atom stereocenters. The van der Waals surface area contributed by atoms with Crippen molar-refractivity contribution >= 4 is 11.3 Å². The predicted octanol–water partition coefficient (Wildman–Crippen LogP) is 0.855. The average Bonchev–Trinajstić information content (AvgIpc) is 2.52. The topological polar surface area (TPSA) is 56.9 Å². The minimum atomic E-state index is -1.36. The zero-order valence-corrected chi connectivity index (χ0v) is 7.22. The lowest BCUT2D eigenvalue weighted by molar-refractivity contribution is 0.122. The molecular weight excluding hydrogens is 172 g/mol. The van der Waals surface area contributed by atoms with Crippen LogP contribution in [-0.4, -0.2) is 10.1 Å². The van der Waals surface area contributed by atoms with Crippen molar-refractivity contribution in [3.05, 3.63) is 16.1 Å². The molecule has 0 fully saturated rings. The van der Waals surface area contributed by atoms with Crippen LogP contribution in [0.2, 0.25) is 0 Å². The van der Waals surface area contributed by atoms with Crippen molar-refractivity contribution in [1.29, 1.82) is 5.26 Å². The highest BCUT2D eigenvalue weighted by Crippen LogP contribution is 2.23. The number of hydrogen-bond donors (Lipinski definition) is 1. The predicted molar refractivity (Wildman–Crippen MR) is 45.2 cm³/mol. The van der Waals surface area contributed by atoms with Crippen molar-refractivity contribution in [2.45, 2.75) is 12.5 Å². The number of hydrogen-bond acceptors (Lipinski definition) is 4. The Morgan fingerprint density at radius 3 is 2.92 bits per heavy atom. The minimum absolute atomic E-state index is 0.376. The molecule has 60 valence electrons. The van der Waals surface area contributed by atoms with Gasteiger partial charge in [0.25, 0.3) is 0 Å². The Kier molecular flexibility index (Phi) is 2.14. The zero-order chi connectivity index (χ0) is 9.19. The molecule has 0 radical (unpaired) electrons. The van der Waals surface area contributed by atoms with Crippen LogP contribution in [0.15, 0.2) is 6.20 Å². The summed E-state index contributed by atoms with van der Waals surface area (Å²) in [6.45, 7) is 1.47. The Balaban J connectivity index is 3.08. The maximum Gasteiger partial charge on any atom is 0.174 e. The molecule has 1 N–H and O–H groups in total. The van der Waals surface area contributed by atoms with E-state index in [-0.39, 0.29) is 0 Å². The van der Waals surface area contributed by atoms with Crippen molar-refractivity contribution < 1.29 is 5.11 Å². The van der Waals surface area contributed by atoms with Gasteiger partial charge in [0.1, 0.15) is 16.0 Å². The molecule has 1 unspecified atom stereocenters. The molecule has 0 aromatic carbocycles. The summed E-state index contributed by atoms with van der Waals surface area (Å²) in [5.74, 6) is 2.19. The molecule has 0 aliphatic heterocycles. The number of nitriles is 1. The van der Waals surface area contributed by atoms with Gasteiger partial charge in [-0.2, -0.15) is 5.26 Å². The second-order valence-corrected chi connectivity index (χ2v) is 3.39. The number of nitrogens with zero attached hydrogens (tertiary/aromatic N) is 2. The van der Waals surface area contributed by atoms with Crippen molar-refractivity contribution in [1.82, 2.24) is 4.98 Å². The molecular formula is C8H6N2OS. The molecule has 4 heteroatoms. The van der Waals surface area contributed by atoms with Gasteiger partial charge >= 0.3 is 0 Å². The van der Waals surface area contributed by atoms with E-state index >= 15 is 0 Å². The SMILES string of the molecule is C#CC(C)(O)c1ncc(C#N)s1. The Bertz CT molecular complexity index is 367. The fraction of sp³-hybridized carbons (Fsp3) is 0.250. The maximum atomic E-state index is 9.51. The summed E-state index contributed by atoms with van der Waals surface area (Å²) < 4.78 is 0. The second-order valence-electron chi connectivity index (χ2n) is 2.36. The van der Waals surface area contributed by atoms with Gasteiger partial charge in [0.05, 0.1) is 6.20 Å². The number of aliphatic hydroxyl groups is 1. The minimum Gasteiger partial charge on any atom is -0.371 e. The van der Waals surface area contributed by atoms with Gasteiger partial charge in [-0.25, -0.2) is 4.98 Å². The summed E-state index contributed by atoms with van der Waals surface area (Å²) in [6, 6.07) is 1.92. The van der Waals surface area contributed by atoms with Crippen molar-refractivity contribution in [3.63, 3.8) is 0 Å². The summed E-state index contributed by atoms with van der Waals surface area (Å²) in [5, 5.41) is 18.4. The summed E-state index contributed by atoms with van der Waals surface area (Å²) in [7, 11) is 0. The van der Waals surface area contributed by atoms with Crippen molar-refractivity contribution in [2.24, 2.45) is 0 Å². The van der Waals surface area contributed by atoms with Crippen molar-refractivity contribution in [2.75, 3.05) is 0 Å². The lowest BCUT2D eigenvalue weighted by Gasteiger charge is -2.10. The summed E-state index contributed by atoms with van der Waals surface area (Å²) in [4.78, 5) is 4.28. The monoisotopic (exact) mass is 178 g/mol. The van der Waals surface area contributed by atoms with E-state index in [0.29, 0.717) is 9.88 Å². The number of terminal acetylenes is 1. The third kappa shape index (κ3) is 1.45. The lowest BCUT2D eigenvalue weighted by atomic mass is 10.1. The first-order chi connectivity index (χ1) is 5.60. The molecule has 0 spiro atoms. The molecule has 12 heavy (non-hydrogen) atoms. The standard InChI is InChI=1S/C8H6N2OS/c1-3-8(2,11)7-10-5-6(4-9)12-7/h1,5,11H,2H3. The van der Waals surface area contributed by atoms with Crippen LogP contribution in [0.4, 0.5) is 0 Å². The van der Waals surface area contributed by atoms with E-state index in [1.54, 1.807) is 0 Å². The molecule has 0 aliphatic carbocycles. The Morgan fingerprint density at radius 2 is 2.50 bits per heavy atom. The van der Waals surface area contributed by atoms with Crippen LogP contribution in [0.5, 0.6) is 0 Å². The van der Waals surface area contributed by atoms with Crippen LogP contribution in [-0.2, 0) is 5.60 Å². The smallest absolute Gasteiger partial charge is 0.174 e. The average molecular weight is 178 g/mol. The van der Waals surface area contributed by atoms with Gasteiger partial charge in [-0.05, 0) is 6.92 Å². The molecule has 0 saturated heterocycles. The van der Waals surface area contributed by atoms with Crippen LogP contribution < -0.4 is 0 Å². The number of thiazole rings is 1. The van der Waals surface area contributed by atoms with Gasteiger partial charge in [-0.3, -0.25) is 0 Å². The first-order valence-corrected chi connectivity index (χ1v) is 3.98. The number of aromatic nitrogens is 1. The molecule has 0 aliphatic rings. The molecule has 1 aromatic heterocycles. The fourth-order valence-electron chi connectivity index (χ4n) is 0.613. The van der Waals surface area contributed by atoms with E-state index in [1.165, 1.54) is 13.1 Å². The van der Waals surface area contributed by atoms with Gasteiger partial charge < -0.3 is 5.11 Å². The van der Waals surface area contributed by atoms with Crippen LogP contribution in [0, 0.1) is 23.7 Å². The molecule has 1 rings (SSSR count). The molecule has 3 nitrogen and oxygen atoms in total. The van der Waals surface area contributed by atoms with E-state index in [0.717, 1.165) is 11.3 Å². The molecule has 0 bridgehead atoms. The third-order valence-corrected chi connectivity index (χ3v) is 2.43. The van der Waals surface area contributed by atoms with Crippen LogP contribution in [0.1, 0.15) is 16.8 Å². The van der Waals surface area contributed by atoms with Gasteiger partial charge in [0.15, 0.2) is 5.60 Å². The Morgan fingerprint density at radius 1 is 1.83 bits per heavy atom. The second kappa shape index (κ2) is 2.94. The van der Waals surface area contributed by atoms with Crippen LogP contribution in [0.25, 0.3) is 0 Å². The fourth-order valence-corrected chi connectivity index (χ4v) is 1.34. The van der Waals surface area contributed by atoms with Gasteiger partial charge in [0, 0.05) is 0 Å².